The van der Waals surface area contributed by atoms with Crippen LogP contribution in [0.25, 0.3) is 0 Å². The summed E-state index contributed by atoms with van der Waals surface area (Å²) in [5.41, 5.74) is 0.161. The maximum Gasteiger partial charge on any atom is 0.339 e. The Kier molecular flexibility index (Phi) is 3.99. The molecule has 1 unspecified atom stereocenters. The molecule has 1 rings (SSSR count). The van der Waals surface area contributed by atoms with E-state index in [1.54, 1.807) is 12.1 Å². The molecule has 0 saturated heterocycles. The molecular formula is C10H12O4S. The van der Waals surface area contributed by atoms with E-state index in [9.17, 15) is 15.0 Å². The number of carbonyl (C=O) groups excluding carboxylic acids is 1. The van der Waals surface area contributed by atoms with Gasteiger partial charge in [-0.25, -0.2) is 4.79 Å². The molecule has 0 aliphatic carbocycles. The fourth-order valence-corrected chi connectivity index (χ4v) is 1.57. The lowest BCUT2D eigenvalue weighted by Gasteiger charge is -2.11. The zero-order valence-electron chi connectivity index (χ0n) is 8.43. The molecule has 0 saturated carbocycles. The molecule has 82 valence electrons. The van der Waals surface area contributed by atoms with Gasteiger partial charge in [-0.15, -0.1) is 11.8 Å². The molecule has 1 aromatic carbocycles. The first kappa shape index (κ1) is 11.9. The molecule has 0 fully saturated rings. The molecule has 15 heavy (non-hydrogen) atoms. The van der Waals surface area contributed by atoms with Crippen molar-refractivity contribution in [1.82, 2.24) is 0 Å². The number of aromatic hydroxyl groups is 1. The van der Waals surface area contributed by atoms with Crippen LogP contribution in [0.2, 0.25) is 0 Å². The number of rotatable bonds is 3. The largest absolute Gasteiger partial charge is 0.508 e. The van der Waals surface area contributed by atoms with Gasteiger partial charge in [0.25, 0.3) is 0 Å². The van der Waals surface area contributed by atoms with Gasteiger partial charge in [0, 0.05) is 10.5 Å². The van der Waals surface area contributed by atoms with E-state index in [0.717, 1.165) is 4.90 Å². The van der Waals surface area contributed by atoms with Crippen molar-refractivity contribution in [2.75, 3.05) is 13.4 Å². The molecule has 1 atom stereocenters. The van der Waals surface area contributed by atoms with Gasteiger partial charge in [0.15, 0.2) is 6.10 Å². The van der Waals surface area contributed by atoms with Gasteiger partial charge in [-0.3, -0.25) is 0 Å². The molecule has 5 heteroatoms. The van der Waals surface area contributed by atoms with Crippen LogP contribution in [-0.4, -0.2) is 29.5 Å². The van der Waals surface area contributed by atoms with E-state index in [0.29, 0.717) is 0 Å². The summed E-state index contributed by atoms with van der Waals surface area (Å²) < 4.78 is 4.39. The van der Waals surface area contributed by atoms with Crippen LogP contribution in [-0.2, 0) is 9.53 Å². The molecule has 0 aliphatic heterocycles. The summed E-state index contributed by atoms with van der Waals surface area (Å²) in [6, 6.07) is 4.70. The maximum absolute atomic E-state index is 11.1. The summed E-state index contributed by atoms with van der Waals surface area (Å²) in [5.74, 6) is -0.908. The van der Waals surface area contributed by atoms with Crippen molar-refractivity contribution in [2.24, 2.45) is 0 Å². The minimum absolute atomic E-state index is 0.120. The Morgan fingerprint density at radius 3 is 2.73 bits per heavy atom. The van der Waals surface area contributed by atoms with Crippen LogP contribution in [0, 0.1) is 0 Å². The van der Waals surface area contributed by atoms with Crippen molar-refractivity contribution in [2.45, 2.75) is 11.0 Å². The predicted molar refractivity (Wildman–Crippen MR) is 56.9 cm³/mol. The van der Waals surface area contributed by atoms with E-state index < -0.39 is 12.1 Å². The second kappa shape index (κ2) is 5.04. The van der Waals surface area contributed by atoms with Gasteiger partial charge in [-0.2, -0.15) is 0 Å². The van der Waals surface area contributed by atoms with Gasteiger partial charge in [0.05, 0.1) is 7.11 Å². The number of ether oxygens (including phenoxy) is 1. The Balaban J connectivity index is 3.06. The van der Waals surface area contributed by atoms with Crippen LogP contribution >= 0.6 is 11.8 Å². The van der Waals surface area contributed by atoms with E-state index in [2.05, 4.69) is 4.74 Å². The van der Waals surface area contributed by atoms with Crippen LogP contribution in [0.4, 0.5) is 0 Å². The standard InChI is InChI=1S/C10H12O4S/c1-14-10(13)9(12)7-5-6(15-2)3-4-8(7)11/h3-5,9,11-12H,1-2H3. The molecule has 0 heterocycles. The number of hydrogen-bond acceptors (Lipinski definition) is 5. The number of carbonyl (C=O) groups is 1. The minimum Gasteiger partial charge on any atom is -0.508 e. The lowest BCUT2D eigenvalue weighted by Crippen LogP contribution is -2.13. The third kappa shape index (κ3) is 2.64. The number of aliphatic hydroxyl groups is 1. The molecule has 0 radical (unpaired) electrons. The molecule has 0 spiro atoms. The van der Waals surface area contributed by atoms with Crippen molar-refractivity contribution >= 4 is 17.7 Å². The fourth-order valence-electron chi connectivity index (χ4n) is 1.12. The van der Waals surface area contributed by atoms with Crippen molar-refractivity contribution in [3.8, 4) is 5.75 Å². The SMILES string of the molecule is COC(=O)C(O)c1cc(SC)ccc1O. The second-order valence-corrected chi connectivity index (χ2v) is 3.73. The van der Waals surface area contributed by atoms with Gasteiger partial charge in [0.2, 0.25) is 0 Å². The number of thioether (sulfide) groups is 1. The molecule has 2 N–H and O–H groups in total. The number of benzene rings is 1. The summed E-state index contributed by atoms with van der Waals surface area (Å²) in [6.45, 7) is 0. The first-order chi connectivity index (χ1) is 7.10. The minimum atomic E-state index is -1.44. The summed E-state index contributed by atoms with van der Waals surface area (Å²) in [7, 11) is 1.18. The van der Waals surface area contributed by atoms with Crippen LogP contribution in [0.1, 0.15) is 11.7 Å². The van der Waals surface area contributed by atoms with Crippen molar-refractivity contribution in [3.63, 3.8) is 0 Å². The average molecular weight is 228 g/mol. The van der Waals surface area contributed by atoms with Crippen LogP contribution in [0.3, 0.4) is 0 Å². The fraction of sp³-hybridized carbons (Fsp3) is 0.300. The topological polar surface area (TPSA) is 66.8 Å². The average Bonchev–Trinajstić information content (AvgIpc) is 2.27. The van der Waals surface area contributed by atoms with E-state index in [4.69, 9.17) is 0 Å². The number of esters is 1. The smallest absolute Gasteiger partial charge is 0.339 e. The highest BCUT2D eigenvalue weighted by molar-refractivity contribution is 7.98. The molecule has 4 nitrogen and oxygen atoms in total. The first-order valence-electron chi connectivity index (χ1n) is 4.23. The van der Waals surface area contributed by atoms with E-state index >= 15 is 0 Å². The highest BCUT2D eigenvalue weighted by Gasteiger charge is 2.21. The highest BCUT2D eigenvalue weighted by Crippen LogP contribution is 2.29. The Morgan fingerprint density at radius 1 is 1.53 bits per heavy atom. The van der Waals surface area contributed by atoms with Crippen LogP contribution in [0.15, 0.2) is 23.1 Å². The summed E-state index contributed by atoms with van der Waals surface area (Å²) >= 11 is 1.45. The highest BCUT2D eigenvalue weighted by atomic mass is 32.2. The lowest BCUT2D eigenvalue weighted by atomic mass is 10.1. The van der Waals surface area contributed by atoms with Crippen LogP contribution in [0.5, 0.6) is 5.75 Å². The third-order valence-corrected chi connectivity index (χ3v) is 2.68. The van der Waals surface area contributed by atoms with E-state index in [1.807, 2.05) is 6.26 Å². The Bertz CT molecular complexity index is 364. The van der Waals surface area contributed by atoms with Gasteiger partial charge in [-0.05, 0) is 24.5 Å². The van der Waals surface area contributed by atoms with Crippen LogP contribution < -0.4 is 0 Å². The van der Waals surface area contributed by atoms with Crippen molar-refractivity contribution in [3.05, 3.63) is 23.8 Å². The normalized spacial score (nSPS) is 12.2. The predicted octanol–water partition coefficient (Wildman–Crippen LogP) is 1.32. The zero-order valence-corrected chi connectivity index (χ0v) is 9.25. The number of methoxy groups -OCH3 is 1. The molecular weight excluding hydrogens is 216 g/mol. The third-order valence-electron chi connectivity index (χ3n) is 1.95. The Hall–Kier alpha value is -1.20. The van der Waals surface area contributed by atoms with E-state index in [1.165, 1.54) is 24.9 Å². The molecule has 0 aromatic heterocycles. The molecule has 0 aliphatic rings. The van der Waals surface area contributed by atoms with E-state index in [-0.39, 0.29) is 11.3 Å². The van der Waals surface area contributed by atoms with Gasteiger partial charge in [-0.1, -0.05) is 0 Å². The second-order valence-electron chi connectivity index (χ2n) is 2.85. The monoisotopic (exact) mass is 228 g/mol. The molecule has 0 amide bonds. The quantitative estimate of drug-likeness (QED) is 0.603. The summed E-state index contributed by atoms with van der Waals surface area (Å²) in [5, 5.41) is 19.0. The number of phenols is 1. The number of phenolic OH excluding ortho intramolecular Hbond substituents is 1. The number of aliphatic hydroxyl groups excluding tert-OH is 1. The Morgan fingerprint density at radius 2 is 2.20 bits per heavy atom. The summed E-state index contributed by atoms with van der Waals surface area (Å²) in [4.78, 5) is 11.9. The van der Waals surface area contributed by atoms with Crippen molar-refractivity contribution in [1.29, 1.82) is 0 Å². The van der Waals surface area contributed by atoms with Gasteiger partial charge >= 0.3 is 5.97 Å². The molecule has 0 bridgehead atoms. The lowest BCUT2D eigenvalue weighted by molar-refractivity contribution is -0.150. The van der Waals surface area contributed by atoms with Crippen molar-refractivity contribution < 1.29 is 19.7 Å². The Labute approximate surface area is 91.9 Å². The summed E-state index contributed by atoms with van der Waals surface area (Å²) in [6.07, 6.45) is 0.419. The zero-order chi connectivity index (χ0) is 11.4. The van der Waals surface area contributed by atoms with Gasteiger partial charge < -0.3 is 14.9 Å². The number of hydrogen-bond donors (Lipinski definition) is 2. The first-order valence-corrected chi connectivity index (χ1v) is 5.45. The maximum atomic E-state index is 11.1. The van der Waals surface area contributed by atoms with Gasteiger partial charge in [0.1, 0.15) is 5.75 Å². The molecule has 1 aromatic rings.